The second-order valence-electron chi connectivity index (χ2n) is 9.26. The van der Waals surface area contributed by atoms with Crippen LogP contribution in [-0.4, -0.2) is 25.9 Å². The topological polar surface area (TPSA) is 110 Å². The number of hydrogen-bond donors (Lipinski definition) is 2. The number of aryl methyl sites for hydroxylation is 1. The highest BCUT2D eigenvalue weighted by Crippen LogP contribution is 2.39. The van der Waals surface area contributed by atoms with Gasteiger partial charge in [-0.25, -0.2) is 5.10 Å². The molecule has 0 bridgehead atoms. The number of anilines is 1. The first-order chi connectivity index (χ1) is 16.5. The first-order valence-corrected chi connectivity index (χ1v) is 11.7. The van der Waals surface area contributed by atoms with E-state index in [2.05, 4.69) is 27.4 Å². The van der Waals surface area contributed by atoms with Gasteiger partial charge < -0.3 is 5.73 Å². The molecule has 4 aromatic rings. The number of carbonyl (C=O) groups is 1. The number of H-pyrrole nitrogens is 1. The average molecular weight is 455 g/mol. The number of hydrogen-bond acceptors (Lipinski definition) is 5. The number of fused-ring (bicyclic) bond motifs is 2. The van der Waals surface area contributed by atoms with E-state index in [1.807, 2.05) is 25.2 Å². The molecule has 1 aliphatic carbocycles. The SMILES string of the molecule is Cn1ncc(-c2ccc3c(=O)[nH]nc(CN)c3c2)c1N1Cc2cc(C3CCCC3)ccc2C1=O. The van der Waals surface area contributed by atoms with Gasteiger partial charge in [0.2, 0.25) is 0 Å². The Morgan fingerprint density at radius 2 is 1.88 bits per heavy atom. The van der Waals surface area contributed by atoms with Crippen LogP contribution in [0.1, 0.15) is 58.8 Å². The van der Waals surface area contributed by atoms with Gasteiger partial charge in [0.05, 0.1) is 23.8 Å². The van der Waals surface area contributed by atoms with Gasteiger partial charge in [-0.15, -0.1) is 0 Å². The molecule has 2 aromatic carbocycles. The van der Waals surface area contributed by atoms with E-state index >= 15 is 0 Å². The third kappa shape index (κ3) is 3.17. The van der Waals surface area contributed by atoms with Gasteiger partial charge in [-0.1, -0.05) is 31.0 Å². The zero-order valence-corrected chi connectivity index (χ0v) is 19.0. The van der Waals surface area contributed by atoms with Crippen molar-refractivity contribution in [3.05, 3.63) is 75.3 Å². The third-order valence-corrected chi connectivity index (χ3v) is 7.29. The van der Waals surface area contributed by atoms with Crippen molar-refractivity contribution in [2.24, 2.45) is 12.8 Å². The lowest BCUT2D eigenvalue weighted by atomic mass is 9.94. The highest BCUT2D eigenvalue weighted by atomic mass is 16.2. The van der Waals surface area contributed by atoms with E-state index in [1.54, 1.807) is 21.8 Å². The maximum absolute atomic E-state index is 13.4. The molecule has 0 saturated heterocycles. The summed E-state index contributed by atoms with van der Waals surface area (Å²) in [5.74, 6) is 1.32. The van der Waals surface area contributed by atoms with Gasteiger partial charge >= 0.3 is 0 Å². The largest absolute Gasteiger partial charge is 0.325 e. The van der Waals surface area contributed by atoms with Crippen LogP contribution in [0.25, 0.3) is 21.9 Å². The monoisotopic (exact) mass is 454 g/mol. The molecule has 0 radical (unpaired) electrons. The van der Waals surface area contributed by atoms with Crippen molar-refractivity contribution >= 4 is 22.5 Å². The van der Waals surface area contributed by atoms with Crippen LogP contribution in [0.15, 0.2) is 47.4 Å². The molecule has 1 amide bonds. The summed E-state index contributed by atoms with van der Waals surface area (Å²) in [4.78, 5) is 27.5. The van der Waals surface area contributed by atoms with Crippen molar-refractivity contribution in [1.82, 2.24) is 20.0 Å². The summed E-state index contributed by atoms with van der Waals surface area (Å²) in [6.07, 6.45) is 6.79. The van der Waals surface area contributed by atoms with E-state index in [0.29, 0.717) is 28.9 Å². The fraction of sp³-hybridized carbons (Fsp3) is 0.308. The number of nitrogens with one attached hydrogen (secondary N) is 1. The normalized spacial score (nSPS) is 16.1. The molecule has 172 valence electrons. The maximum Gasteiger partial charge on any atom is 0.272 e. The smallest absolute Gasteiger partial charge is 0.272 e. The zero-order chi connectivity index (χ0) is 23.4. The number of amides is 1. The van der Waals surface area contributed by atoms with Crippen LogP contribution in [0.4, 0.5) is 5.82 Å². The van der Waals surface area contributed by atoms with Crippen LogP contribution in [0.3, 0.4) is 0 Å². The zero-order valence-electron chi connectivity index (χ0n) is 19.0. The lowest BCUT2D eigenvalue weighted by Crippen LogP contribution is -2.26. The highest BCUT2D eigenvalue weighted by molar-refractivity contribution is 6.11. The molecule has 8 nitrogen and oxygen atoms in total. The Morgan fingerprint density at radius 1 is 1.06 bits per heavy atom. The Bertz CT molecular complexity index is 1500. The molecule has 0 unspecified atom stereocenters. The lowest BCUT2D eigenvalue weighted by molar-refractivity contribution is 0.0995. The highest BCUT2D eigenvalue weighted by Gasteiger charge is 2.33. The van der Waals surface area contributed by atoms with Crippen LogP contribution in [0, 0.1) is 0 Å². The standard InChI is InChI=1S/C26H26N6O2/c1-31-25(32-14-18-10-16(15-4-2-3-5-15)6-8-19(18)26(32)34)22(13-28-31)17-7-9-20-21(11-17)23(12-27)29-30-24(20)33/h6-11,13,15H,2-5,12,14,27H2,1H3,(H,30,33). The van der Waals surface area contributed by atoms with E-state index in [-0.39, 0.29) is 18.0 Å². The number of benzene rings is 2. The van der Waals surface area contributed by atoms with Gasteiger partial charge in [0.15, 0.2) is 0 Å². The van der Waals surface area contributed by atoms with Gasteiger partial charge in [0.1, 0.15) is 5.82 Å². The Labute approximate surface area is 196 Å². The molecule has 6 rings (SSSR count). The van der Waals surface area contributed by atoms with Gasteiger partial charge in [-0.3, -0.25) is 19.2 Å². The molecule has 1 aliphatic heterocycles. The van der Waals surface area contributed by atoms with Gasteiger partial charge in [-0.05, 0) is 53.6 Å². The van der Waals surface area contributed by atoms with E-state index in [0.717, 1.165) is 28.1 Å². The molecule has 3 heterocycles. The lowest BCUT2D eigenvalue weighted by Gasteiger charge is -2.18. The number of nitrogens with zero attached hydrogens (tertiary/aromatic N) is 4. The fourth-order valence-electron chi connectivity index (χ4n) is 5.52. The van der Waals surface area contributed by atoms with Crippen molar-refractivity contribution in [2.75, 3.05) is 4.90 Å². The van der Waals surface area contributed by atoms with E-state index in [4.69, 9.17) is 5.73 Å². The summed E-state index contributed by atoms with van der Waals surface area (Å²) < 4.78 is 1.74. The van der Waals surface area contributed by atoms with Gasteiger partial charge in [0, 0.05) is 30.1 Å². The van der Waals surface area contributed by atoms with Crippen LogP contribution in [0.5, 0.6) is 0 Å². The molecule has 34 heavy (non-hydrogen) atoms. The number of aromatic nitrogens is 4. The second-order valence-corrected chi connectivity index (χ2v) is 9.26. The Morgan fingerprint density at radius 3 is 2.68 bits per heavy atom. The third-order valence-electron chi connectivity index (χ3n) is 7.29. The van der Waals surface area contributed by atoms with E-state index in [1.165, 1.54) is 31.2 Å². The summed E-state index contributed by atoms with van der Waals surface area (Å²) in [5, 5.41) is 12.3. The molecule has 1 saturated carbocycles. The predicted molar refractivity (Wildman–Crippen MR) is 131 cm³/mol. The van der Waals surface area contributed by atoms with Crippen molar-refractivity contribution < 1.29 is 4.79 Å². The van der Waals surface area contributed by atoms with Crippen LogP contribution in [0.2, 0.25) is 0 Å². The van der Waals surface area contributed by atoms with Crippen LogP contribution >= 0.6 is 0 Å². The number of aromatic amines is 1. The molecule has 2 aliphatic rings. The first-order valence-electron chi connectivity index (χ1n) is 11.7. The quantitative estimate of drug-likeness (QED) is 0.490. The average Bonchev–Trinajstić information content (AvgIpc) is 3.58. The number of nitrogens with two attached hydrogens (primary N) is 1. The summed E-state index contributed by atoms with van der Waals surface area (Å²) in [5.41, 5.74) is 11.1. The fourth-order valence-corrected chi connectivity index (χ4v) is 5.52. The molecular weight excluding hydrogens is 428 g/mol. The van der Waals surface area contributed by atoms with Crippen molar-refractivity contribution in [3.63, 3.8) is 0 Å². The van der Waals surface area contributed by atoms with Crippen LogP contribution < -0.4 is 16.2 Å². The minimum Gasteiger partial charge on any atom is -0.325 e. The predicted octanol–water partition coefficient (Wildman–Crippen LogP) is 3.60. The maximum atomic E-state index is 13.4. The van der Waals surface area contributed by atoms with Crippen molar-refractivity contribution in [1.29, 1.82) is 0 Å². The number of rotatable bonds is 4. The first kappa shape index (κ1) is 20.8. The Kier molecular flexibility index (Phi) is 4.84. The summed E-state index contributed by atoms with van der Waals surface area (Å²) in [6.45, 7) is 0.726. The molecule has 3 N–H and O–H groups in total. The minimum absolute atomic E-state index is 0.0145. The molecule has 1 fully saturated rings. The summed E-state index contributed by atoms with van der Waals surface area (Å²) >= 11 is 0. The van der Waals surface area contributed by atoms with Gasteiger partial charge in [0.25, 0.3) is 11.5 Å². The molecular formula is C26H26N6O2. The van der Waals surface area contributed by atoms with Crippen molar-refractivity contribution in [2.45, 2.75) is 44.7 Å². The Hall–Kier alpha value is -3.78. The minimum atomic E-state index is -0.256. The molecule has 0 atom stereocenters. The Balaban J connectivity index is 1.41. The van der Waals surface area contributed by atoms with E-state index in [9.17, 15) is 9.59 Å². The number of carbonyl (C=O) groups excluding carboxylic acids is 1. The molecule has 0 spiro atoms. The molecule has 8 heteroatoms. The summed E-state index contributed by atoms with van der Waals surface area (Å²) in [7, 11) is 1.84. The van der Waals surface area contributed by atoms with E-state index < -0.39 is 0 Å². The van der Waals surface area contributed by atoms with Gasteiger partial charge in [-0.2, -0.15) is 10.2 Å². The van der Waals surface area contributed by atoms with Crippen LogP contribution in [-0.2, 0) is 20.1 Å². The summed E-state index contributed by atoms with van der Waals surface area (Å²) in [6, 6.07) is 11.9. The second kappa shape index (κ2) is 7.92. The van der Waals surface area contributed by atoms with Crippen molar-refractivity contribution in [3.8, 4) is 11.1 Å². The molecule has 2 aromatic heterocycles.